The summed E-state index contributed by atoms with van der Waals surface area (Å²) in [5.74, 6) is 1.36. The van der Waals surface area contributed by atoms with E-state index < -0.39 is 0 Å². The maximum Gasteiger partial charge on any atom is 0.183 e. The van der Waals surface area contributed by atoms with E-state index in [0.29, 0.717) is 6.54 Å². The normalized spacial score (nSPS) is 15.3. The molecule has 1 fully saturated rings. The number of nitrogens with one attached hydrogen (secondary N) is 1. The number of aromatic nitrogens is 3. The van der Waals surface area contributed by atoms with Crippen molar-refractivity contribution >= 4 is 16.5 Å². The van der Waals surface area contributed by atoms with E-state index in [4.69, 9.17) is 9.47 Å². The van der Waals surface area contributed by atoms with Crippen molar-refractivity contribution in [1.82, 2.24) is 24.3 Å². The number of rotatable bonds is 11. The lowest BCUT2D eigenvalue weighted by molar-refractivity contribution is 0.120. The van der Waals surface area contributed by atoms with Gasteiger partial charge in [-0.05, 0) is 36.8 Å². The van der Waals surface area contributed by atoms with Crippen molar-refractivity contribution in [3.63, 3.8) is 0 Å². The van der Waals surface area contributed by atoms with Gasteiger partial charge in [0, 0.05) is 74.7 Å². The van der Waals surface area contributed by atoms with E-state index in [2.05, 4.69) is 36.6 Å². The van der Waals surface area contributed by atoms with Crippen molar-refractivity contribution in [1.29, 1.82) is 0 Å². The van der Waals surface area contributed by atoms with Gasteiger partial charge in [0.05, 0.1) is 32.3 Å². The molecule has 4 aromatic rings. The van der Waals surface area contributed by atoms with Crippen LogP contribution >= 0.6 is 11.3 Å². The molecule has 0 radical (unpaired) electrons. The van der Waals surface area contributed by atoms with Gasteiger partial charge in [0.2, 0.25) is 0 Å². The van der Waals surface area contributed by atoms with Gasteiger partial charge in [-0.3, -0.25) is 9.80 Å². The third-order valence-electron chi connectivity index (χ3n) is 7.22. The maximum atomic E-state index is 13.4. The largest absolute Gasteiger partial charge is 0.497 e. The standard InChI is InChI=1S/C29H35FN6O2S/c1-21(22-4-7-24(30)8-5-22)36-20-31-16-25(36)18-34-10-12-35(13-11-34)19-27-17-33-29(39-27)32-15-23-6-9-26(37-2)14-28(23)38-3/h4-9,14,16-17,20-21H,10-13,15,18-19H2,1-3H3,(H,32,33). The minimum absolute atomic E-state index is 0.101. The van der Waals surface area contributed by atoms with Gasteiger partial charge >= 0.3 is 0 Å². The third-order valence-corrected chi connectivity index (χ3v) is 8.16. The van der Waals surface area contributed by atoms with Crippen molar-refractivity contribution < 1.29 is 13.9 Å². The van der Waals surface area contributed by atoms with E-state index in [1.54, 1.807) is 25.6 Å². The van der Waals surface area contributed by atoms with Gasteiger partial charge in [0.1, 0.15) is 17.3 Å². The second-order valence-electron chi connectivity index (χ2n) is 9.74. The maximum absolute atomic E-state index is 13.4. The van der Waals surface area contributed by atoms with Crippen LogP contribution in [0.2, 0.25) is 0 Å². The van der Waals surface area contributed by atoms with E-state index in [-0.39, 0.29) is 11.9 Å². The first-order valence-corrected chi connectivity index (χ1v) is 13.9. The second kappa shape index (κ2) is 12.6. The molecule has 0 bridgehead atoms. The molecule has 0 aliphatic carbocycles. The fraction of sp³-hybridized carbons (Fsp3) is 0.379. The van der Waals surface area contributed by atoms with Gasteiger partial charge in [-0.15, -0.1) is 11.3 Å². The molecule has 3 heterocycles. The highest BCUT2D eigenvalue weighted by Gasteiger charge is 2.20. The summed E-state index contributed by atoms with van der Waals surface area (Å²) < 4.78 is 26.3. The summed E-state index contributed by atoms with van der Waals surface area (Å²) in [7, 11) is 3.32. The minimum atomic E-state index is -0.213. The number of thiazole rings is 1. The Hall–Kier alpha value is -3.47. The molecule has 0 amide bonds. The Morgan fingerprint density at radius 2 is 1.72 bits per heavy atom. The summed E-state index contributed by atoms with van der Waals surface area (Å²) in [5, 5.41) is 4.33. The molecule has 0 saturated carbocycles. The topological polar surface area (TPSA) is 67.7 Å². The first kappa shape index (κ1) is 27.1. The van der Waals surface area contributed by atoms with Crippen molar-refractivity contribution in [3.05, 3.63) is 88.7 Å². The minimum Gasteiger partial charge on any atom is -0.497 e. The first-order chi connectivity index (χ1) is 19.0. The average molecular weight is 551 g/mol. The molecule has 2 aromatic carbocycles. The van der Waals surface area contributed by atoms with Crippen molar-refractivity contribution in [3.8, 4) is 11.5 Å². The van der Waals surface area contributed by atoms with Crippen LogP contribution in [0.5, 0.6) is 11.5 Å². The highest BCUT2D eigenvalue weighted by Crippen LogP contribution is 2.27. The Labute approximate surface area is 233 Å². The number of ether oxygens (including phenoxy) is 2. The number of halogens is 1. The number of methoxy groups -OCH3 is 2. The number of hydrogen-bond donors (Lipinski definition) is 1. The highest BCUT2D eigenvalue weighted by molar-refractivity contribution is 7.15. The molecule has 1 aliphatic heterocycles. The van der Waals surface area contributed by atoms with Crippen LogP contribution in [0.25, 0.3) is 0 Å². The van der Waals surface area contributed by atoms with Gasteiger partial charge in [-0.25, -0.2) is 14.4 Å². The Morgan fingerprint density at radius 1 is 0.974 bits per heavy atom. The predicted molar refractivity (Wildman–Crippen MR) is 152 cm³/mol. The van der Waals surface area contributed by atoms with Crippen LogP contribution in [0, 0.1) is 5.82 Å². The zero-order valence-corrected chi connectivity index (χ0v) is 23.5. The molecule has 2 aromatic heterocycles. The zero-order chi connectivity index (χ0) is 27.2. The number of imidazole rings is 1. The van der Waals surface area contributed by atoms with E-state index in [1.807, 2.05) is 49.1 Å². The van der Waals surface area contributed by atoms with E-state index >= 15 is 0 Å². The van der Waals surface area contributed by atoms with Crippen molar-refractivity contribution in [2.24, 2.45) is 0 Å². The lowest BCUT2D eigenvalue weighted by Crippen LogP contribution is -2.45. The highest BCUT2D eigenvalue weighted by atomic mass is 32.1. The summed E-state index contributed by atoms with van der Waals surface area (Å²) in [6.45, 7) is 8.52. The molecule has 1 N–H and O–H groups in total. The molecule has 1 aliphatic rings. The van der Waals surface area contributed by atoms with Crippen LogP contribution < -0.4 is 14.8 Å². The fourth-order valence-corrected chi connectivity index (χ4v) is 5.74. The Kier molecular flexibility index (Phi) is 8.75. The lowest BCUT2D eigenvalue weighted by atomic mass is 10.1. The number of benzene rings is 2. The van der Waals surface area contributed by atoms with Crippen LogP contribution in [0.1, 0.15) is 34.7 Å². The quantitative estimate of drug-likeness (QED) is 0.281. The second-order valence-corrected chi connectivity index (χ2v) is 10.9. The molecule has 10 heteroatoms. The third kappa shape index (κ3) is 6.76. The van der Waals surface area contributed by atoms with Crippen molar-refractivity contribution in [2.45, 2.75) is 32.6 Å². The SMILES string of the molecule is COc1ccc(CNc2ncc(CN3CCN(Cc4cncn4C(C)c4ccc(F)cc4)CC3)s2)c(OC)c1. The van der Waals surface area contributed by atoms with Crippen LogP contribution in [-0.2, 0) is 19.6 Å². The first-order valence-electron chi connectivity index (χ1n) is 13.1. The van der Waals surface area contributed by atoms with Crippen LogP contribution in [-0.4, -0.2) is 64.7 Å². The summed E-state index contributed by atoms with van der Waals surface area (Å²) in [5.41, 5.74) is 3.30. The number of piperazine rings is 1. The Balaban J connectivity index is 1.10. The smallest absolute Gasteiger partial charge is 0.183 e. The molecule has 5 rings (SSSR count). The molecule has 206 valence electrons. The molecular weight excluding hydrogens is 515 g/mol. The van der Waals surface area contributed by atoms with Gasteiger partial charge in [-0.1, -0.05) is 12.1 Å². The molecule has 1 atom stereocenters. The monoisotopic (exact) mass is 550 g/mol. The van der Waals surface area contributed by atoms with Gasteiger partial charge < -0.3 is 19.4 Å². The van der Waals surface area contributed by atoms with Gasteiger partial charge in [0.15, 0.2) is 5.13 Å². The molecule has 1 saturated heterocycles. The van der Waals surface area contributed by atoms with Crippen LogP contribution in [0.4, 0.5) is 9.52 Å². The van der Waals surface area contributed by atoms with Crippen LogP contribution in [0.15, 0.2) is 61.2 Å². The Morgan fingerprint density at radius 3 is 2.44 bits per heavy atom. The summed E-state index contributed by atoms with van der Waals surface area (Å²) in [4.78, 5) is 15.2. The average Bonchev–Trinajstić information content (AvgIpc) is 3.62. The molecular formula is C29H35FN6O2S. The molecule has 8 nitrogen and oxygen atoms in total. The van der Waals surface area contributed by atoms with E-state index in [0.717, 1.165) is 67.0 Å². The summed E-state index contributed by atoms with van der Waals surface area (Å²) in [6, 6.07) is 12.7. The number of anilines is 1. The van der Waals surface area contributed by atoms with E-state index in [9.17, 15) is 4.39 Å². The van der Waals surface area contributed by atoms with E-state index in [1.165, 1.54) is 22.7 Å². The fourth-order valence-electron chi connectivity index (χ4n) is 4.89. The summed E-state index contributed by atoms with van der Waals surface area (Å²) in [6.07, 6.45) is 5.79. The summed E-state index contributed by atoms with van der Waals surface area (Å²) >= 11 is 1.70. The lowest BCUT2D eigenvalue weighted by Gasteiger charge is -2.34. The van der Waals surface area contributed by atoms with Gasteiger partial charge in [-0.2, -0.15) is 0 Å². The molecule has 0 spiro atoms. The van der Waals surface area contributed by atoms with Gasteiger partial charge in [0.25, 0.3) is 0 Å². The number of hydrogen-bond acceptors (Lipinski definition) is 8. The zero-order valence-electron chi connectivity index (χ0n) is 22.6. The number of nitrogens with zero attached hydrogens (tertiary/aromatic N) is 5. The van der Waals surface area contributed by atoms with Crippen LogP contribution in [0.3, 0.4) is 0 Å². The molecule has 1 unspecified atom stereocenters. The van der Waals surface area contributed by atoms with Crippen molar-refractivity contribution in [2.75, 3.05) is 45.7 Å². The molecule has 39 heavy (non-hydrogen) atoms. The Bertz CT molecular complexity index is 1350. The predicted octanol–water partition coefficient (Wildman–Crippen LogP) is 5.04.